The van der Waals surface area contributed by atoms with Gasteiger partial charge in [0.2, 0.25) is 0 Å². The minimum Gasteiger partial charge on any atom is -0.351 e. The fourth-order valence-corrected chi connectivity index (χ4v) is 4.37. The van der Waals surface area contributed by atoms with Crippen molar-refractivity contribution in [3.8, 4) is 16.5 Å². The van der Waals surface area contributed by atoms with Crippen molar-refractivity contribution in [2.45, 2.75) is 18.3 Å². The average Bonchev–Trinajstić information content (AvgIpc) is 3.32. The third-order valence-corrected chi connectivity index (χ3v) is 6.30. The maximum Gasteiger partial charge on any atom is 0.257 e. The smallest absolute Gasteiger partial charge is 0.257 e. The van der Waals surface area contributed by atoms with Gasteiger partial charge < -0.3 is 5.32 Å². The summed E-state index contributed by atoms with van der Waals surface area (Å²) in [7, 11) is 0. The Morgan fingerprint density at radius 3 is 2.59 bits per heavy atom. The highest BCUT2D eigenvalue weighted by Crippen LogP contribution is 2.49. The molecule has 29 heavy (non-hydrogen) atoms. The van der Waals surface area contributed by atoms with Crippen LogP contribution in [0, 0.1) is 23.0 Å². The predicted octanol–water partition coefficient (Wildman–Crippen LogP) is 5.07. The number of rotatable bonds is 5. The number of hydrogen-bond donors (Lipinski definition) is 1. The van der Waals surface area contributed by atoms with Crippen LogP contribution in [-0.4, -0.2) is 17.4 Å². The molecule has 8 heteroatoms. The average molecular weight is 430 g/mol. The van der Waals surface area contributed by atoms with Crippen LogP contribution in [0.25, 0.3) is 10.4 Å². The standard InChI is InChI=1S/C21H14ClF2N3OS/c22-14-8-12(17-5-4-13(9-25)29-17)10-26-19(14)21(6-7-21)11-27-20(28)18-15(23)2-1-3-16(18)24/h1-5,8,10H,6-7,11H2,(H,27,28). The molecule has 0 saturated heterocycles. The molecule has 4 nitrogen and oxygen atoms in total. The second-order valence-electron chi connectivity index (χ2n) is 6.89. The van der Waals surface area contributed by atoms with E-state index in [9.17, 15) is 13.6 Å². The van der Waals surface area contributed by atoms with E-state index in [1.165, 1.54) is 17.4 Å². The summed E-state index contributed by atoms with van der Waals surface area (Å²) < 4.78 is 27.6. The first-order valence-electron chi connectivity index (χ1n) is 8.82. The largest absolute Gasteiger partial charge is 0.351 e. The van der Waals surface area contributed by atoms with Crippen LogP contribution < -0.4 is 5.32 Å². The second-order valence-corrected chi connectivity index (χ2v) is 8.38. The molecule has 1 aliphatic carbocycles. The number of nitriles is 1. The lowest BCUT2D eigenvalue weighted by Crippen LogP contribution is -2.34. The summed E-state index contributed by atoms with van der Waals surface area (Å²) in [6.07, 6.45) is 3.21. The maximum absolute atomic E-state index is 13.8. The van der Waals surface area contributed by atoms with Crippen molar-refractivity contribution in [2.24, 2.45) is 0 Å². The van der Waals surface area contributed by atoms with Gasteiger partial charge >= 0.3 is 0 Å². The van der Waals surface area contributed by atoms with Crippen molar-refractivity contribution in [3.63, 3.8) is 0 Å². The Morgan fingerprint density at radius 2 is 2.00 bits per heavy atom. The third kappa shape index (κ3) is 3.74. The number of nitrogens with zero attached hydrogens (tertiary/aromatic N) is 2. The molecule has 0 atom stereocenters. The van der Waals surface area contributed by atoms with E-state index in [0.717, 1.165) is 35.4 Å². The zero-order chi connectivity index (χ0) is 20.6. The topological polar surface area (TPSA) is 65.8 Å². The van der Waals surface area contributed by atoms with Gasteiger partial charge in [-0.2, -0.15) is 5.26 Å². The Labute approximate surface area is 174 Å². The van der Waals surface area contributed by atoms with Crippen molar-refractivity contribution in [1.29, 1.82) is 5.26 Å². The van der Waals surface area contributed by atoms with Crippen LogP contribution in [0.3, 0.4) is 0 Å². The Bertz CT molecular complexity index is 1130. The van der Waals surface area contributed by atoms with E-state index in [1.807, 2.05) is 6.07 Å². The molecule has 1 N–H and O–H groups in total. The summed E-state index contributed by atoms with van der Waals surface area (Å²) in [4.78, 5) is 18.3. The van der Waals surface area contributed by atoms with E-state index < -0.39 is 28.5 Å². The number of benzene rings is 1. The predicted molar refractivity (Wildman–Crippen MR) is 107 cm³/mol. The third-order valence-electron chi connectivity index (χ3n) is 4.97. The molecular weight excluding hydrogens is 416 g/mol. The molecule has 0 unspecified atom stereocenters. The summed E-state index contributed by atoms with van der Waals surface area (Å²) in [5.74, 6) is -2.61. The molecule has 0 aliphatic heterocycles. The van der Waals surface area contributed by atoms with Crippen LogP contribution in [0.5, 0.6) is 0 Å². The molecule has 1 aliphatic rings. The van der Waals surface area contributed by atoms with Gasteiger partial charge in [-0.15, -0.1) is 11.3 Å². The van der Waals surface area contributed by atoms with Gasteiger partial charge in [-0.25, -0.2) is 8.78 Å². The molecule has 3 aromatic rings. The summed E-state index contributed by atoms with van der Waals surface area (Å²) in [6.45, 7) is 0.184. The quantitative estimate of drug-likeness (QED) is 0.615. The van der Waals surface area contributed by atoms with E-state index in [-0.39, 0.29) is 6.54 Å². The molecular formula is C21H14ClF2N3OS. The number of aromatic nitrogens is 1. The zero-order valence-electron chi connectivity index (χ0n) is 15.0. The van der Waals surface area contributed by atoms with Gasteiger partial charge in [-0.3, -0.25) is 9.78 Å². The molecule has 1 fully saturated rings. The summed E-state index contributed by atoms with van der Waals surface area (Å²) in [5, 5.41) is 12.0. The highest BCUT2D eigenvalue weighted by molar-refractivity contribution is 7.16. The second kappa shape index (κ2) is 7.54. The van der Waals surface area contributed by atoms with E-state index in [0.29, 0.717) is 15.6 Å². The van der Waals surface area contributed by atoms with Crippen molar-refractivity contribution < 1.29 is 13.6 Å². The molecule has 0 bridgehead atoms. The molecule has 4 rings (SSSR count). The molecule has 1 saturated carbocycles. The maximum atomic E-state index is 13.8. The fraction of sp³-hybridized carbons (Fsp3) is 0.190. The molecule has 1 aromatic carbocycles. The monoisotopic (exact) mass is 429 g/mol. The molecule has 2 aromatic heterocycles. The number of nitrogens with one attached hydrogen (secondary N) is 1. The van der Waals surface area contributed by atoms with Crippen molar-refractivity contribution in [1.82, 2.24) is 10.3 Å². The Hall–Kier alpha value is -2.82. The molecule has 146 valence electrons. The van der Waals surface area contributed by atoms with E-state index >= 15 is 0 Å². The van der Waals surface area contributed by atoms with Crippen molar-refractivity contribution in [2.75, 3.05) is 6.54 Å². The van der Waals surface area contributed by atoms with E-state index in [4.69, 9.17) is 16.9 Å². The van der Waals surface area contributed by atoms with Gasteiger partial charge in [0.1, 0.15) is 28.1 Å². The number of carbonyl (C=O) groups excluding carboxylic acids is 1. The van der Waals surface area contributed by atoms with Gasteiger partial charge in [0.15, 0.2) is 0 Å². The van der Waals surface area contributed by atoms with Crippen LogP contribution in [-0.2, 0) is 5.41 Å². The Morgan fingerprint density at radius 1 is 1.28 bits per heavy atom. The molecule has 2 heterocycles. The number of amides is 1. The van der Waals surface area contributed by atoms with Gasteiger partial charge in [-0.1, -0.05) is 17.7 Å². The lowest BCUT2D eigenvalue weighted by atomic mass is 10.0. The minimum atomic E-state index is -0.902. The first kappa shape index (κ1) is 19.5. The lowest BCUT2D eigenvalue weighted by Gasteiger charge is -2.18. The summed E-state index contributed by atoms with van der Waals surface area (Å²) in [6, 6.07) is 10.8. The number of halogens is 3. The summed E-state index contributed by atoms with van der Waals surface area (Å²) in [5.41, 5.74) is 0.414. The fourth-order valence-electron chi connectivity index (χ4n) is 3.22. The molecule has 1 amide bonds. The van der Waals surface area contributed by atoms with Crippen molar-refractivity contribution in [3.05, 3.63) is 75.4 Å². The molecule has 0 spiro atoms. The van der Waals surface area contributed by atoms with E-state index in [1.54, 1.807) is 18.3 Å². The van der Waals surface area contributed by atoms with Gasteiger partial charge in [0, 0.05) is 28.6 Å². The zero-order valence-corrected chi connectivity index (χ0v) is 16.6. The number of thiophene rings is 1. The SMILES string of the molecule is N#Cc1ccc(-c2cnc(C3(CNC(=O)c4c(F)cccc4F)CC3)c(Cl)c2)s1. The normalized spacial score (nSPS) is 14.3. The van der Waals surface area contributed by atoms with Crippen LogP contribution in [0.2, 0.25) is 5.02 Å². The van der Waals surface area contributed by atoms with Crippen LogP contribution in [0.4, 0.5) is 8.78 Å². The molecule has 0 radical (unpaired) electrons. The number of pyridine rings is 1. The first-order chi connectivity index (χ1) is 13.9. The Balaban J connectivity index is 1.52. The first-order valence-corrected chi connectivity index (χ1v) is 10.0. The van der Waals surface area contributed by atoms with Crippen LogP contribution in [0.15, 0.2) is 42.6 Å². The van der Waals surface area contributed by atoms with Crippen LogP contribution >= 0.6 is 22.9 Å². The lowest BCUT2D eigenvalue weighted by molar-refractivity contribution is 0.0941. The van der Waals surface area contributed by atoms with Gasteiger partial charge in [0.25, 0.3) is 5.91 Å². The minimum absolute atomic E-state index is 0.184. The highest BCUT2D eigenvalue weighted by Gasteiger charge is 2.47. The number of hydrogen-bond acceptors (Lipinski definition) is 4. The highest BCUT2D eigenvalue weighted by atomic mass is 35.5. The Kier molecular flexibility index (Phi) is 5.07. The van der Waals surface area contributed by atoms with Gasteiger partial charge in [0.05, 0.1) is 10.7 Å². The van der Waals surface area contributed by atoms with Crippen LogP contribution in [0.1, 0.15) is 33.8 Å². The summed E-state index contributed by atoms with van der Waals surface area (Å²) >= 11 is 7.82. The van der Waals surface area contributed by atoms with E-state index in [2.05, 4.69) is 16.4 Å². The van der Waals surface area contributed by atoms with Crippen molar-refractivity contribution >= 4 is 28.8 Å². The van der Waals surface area contributed by atoms with Gasteiger partial charge in [-0.05, 0) is 43.2 Å². The number of carbonyl (C=O) groups is 1.